The van der Waals surface area contributed by atoms with Crippen molar-refractivity contribution in [1.29, 1.82) is 0 Å². The second-order valence-electron chi connectivity index (χ2n) is 10.4. The van der Waals surface area contributed by atoms with Crippen LogP contribution < -0.4 is 27.0 Å². The molecule has 0 aliphatic rings. The van der Waals surface area contributed by atoms with Gasteiger partial charge in [-0.05, 0) is 30.6 Å². The third kappa shape index (κ3) is 12.9. The molecule has 0 fully saturated rings. The number of carboxylic acids is 2. The Hall–Kier alpha value is -3.26. The molecule has 0 saturated heterocycles. The number of nitrogens with two attached hydrogens (primary N) is 1. The number of carboxylic acid groups (broad SMARTS) is 2. The molecule has 0 aliphatic heterocycles. The van der Waals surface area contributed by atoms with Crippen molar-refractivity contribution < 1.29 is 44.1 Å². The van der Waals surface area contributed by atoms with E-state index in [0.717, 1.165) is 0 Å². The summed E-state index contributed by atoms with van der Waals surface area (Å²) >= 11 is 0. The summed E-state index contributed by atoms with van der Waals surface area (Å²) in [7, 11) is 0. The Labute approximate surface area is 228 Å². The van der Waals surface area contributed by atoms with Crippen LogP contribution in [-0.4, -0.2) is 87.7 Å². The summed E-state index contributed by atoms with van der Waals surface area (Å²) in [4.78, 5) is 73.7. The molecule has 9 N–H and O–H groups in total. The fraction of sp³-hybridized carbons (Fsp3) is 0.760. The number of amides is 4. The molecular formula is C25H45N5O9. The predicted molar refractivity (Wildman–Crippen MR) is 141 cm³/mol. The number of hydrogen-bond donors (Lipinski definition) is 8. The van der Waals surface area contributed by atoms with Gasteiger partial charge in [0.15, 0.2) is 0 Å². The molecule has 0 aromatic rings. The third-order valence-corrected chi connectivity index (χ3v) is 6.18. The number of carbonyl (C=O) groups is 6. The van der Waals surface area contributed by atoms with Crippen molar-refractivity contribution in [2.24, 2.45) is 23.5 Å². The summed E-state index contributed by atoms with van der Waals surface area (Å²) in [5.41, 5.74) is 5.77. The predicted octanol–water partition coefficient (Wildman–Crippen LogP) is -1.06. The lowest BCUT2D eigenvalue weighted by Crippen LogP contribution is -2.61. The molecule has 0 heterocycles. The molecule has 0 aromatic heterocycles. The van der Waals surface area contributed by atoms with Gasteiger partial charge in [0.25, 0.3) is 0 Å². The van der Waals surface area contributed by atoms with Crippen molar-refractivity contribution >= 4 is 35.6 Å². The lowest BCUT2D eigenvalue weighted by Gasteiger charge is -2.30. The number of carbonyl (C=O) groups excluding carboxylic acids is 4. The molecule has 6 unspecified atom stereocenters. The van der Waals surface area contributed by atoms with Gasteiger partial charge in [0.05, 0.1) is 12.6 Å². The zero-order valence-corrected chi connectivity index (χ0v) is 23.5. The van der Waals surface area contributed by atoms with Crippen molar-refractivity contribution in [1.82, 2.24) is 21.3 Å². The Kier molecular flexibility index (Phi) is 15.9. The Balaban J connectivity index is 5.71. The smallest absolute Gasteiger partial charge is 0.328 e. The standard InChI is InChI=1S/C25H45N5O9/c1-7-14(6)20(24(37)28-17(11-31)25(38)39)30-23(36)19(13(4)5)29-22(35)16(10-12(2)3)27-21(34)15(26)8-9-18(32)33/h12-17,19-20,31H,7-11,26H2,1-6H3,(H,27,34)(H,28,37)(H,29,35)(H,30,36)(H,32,33)(H,38,39). The monoisotopic (exact) mass is 559 g/mol. The molecule has 0 aliphatic carbocycles. The first-order valence-electron chi connectivity index (χ1n) is 13.1. The number of hydrogen-bond acceptors (Lipinski definition) is 8. The zero-order valence-electron chi connectivity index (χ0n) is 23.5. The molecule has 0 rings (SSSR count). The molecule has 6 atom stereocenters. The first-order chi connectivity index (χ1) is 18.0. The van der Waals surface area contributed by atoms with Crippen molar-refractivity contribution in [3.05, 3.63) is 0 Å². The van der Waals surface area contributed by atoms with Gasteiger partial charge >= 0.3 is 11.9 Å². The number of nitrogens with one attached hydrogen (secondary N) is 4. The van der Waals surface area contributed by atoms with Crippen LogP contribution in [0.5, 0.6) is 0 Å². The molecule has 0 spiro atoms. The topological polar surface area (TPSA) is 237 Å². The summed E-state index contributed by atoms with van der Waals surface area (Å²) in [5.74, 6) is -6.28. The minimum atomic E-state index is -1.55. The Morgan fingerprint density at radius 3 is 1.69 bits per heavy atom. The van der Waals surface area contributed by atoms with Crippen molar-refractivity contribution in [3.63, 3.8) is 0 Å². The van der Waals surface area contributed by atoms with E-state index in [2.05, 4.69) is 21.3 Å². The molecule has 39 heavy (non-hydrogen) atoms. The number of aliphatic hydroxyl groups is 1. The fourth-order valence-corrected chi connectivity index (χ4v) is 3.57. The van der Waals surface area contributed by atoms with E-state index in [0.29, 0.717) is 6.42 Å². The van der Waals surface area contributed by atoms with Gasteiger partial charge in [-0.2, -0.15) is 0 Å². The van der Waals surface area contributed by atoms with Crippen LogP contribution in [-0.2, 0) is 28.8 Å². The third-order valence-electron chi connectivity index (χ3n) is 6.18. The van der Waals surface area contributed by atoms with Crippen LogP contribution in [0.3, 0.4) is 0 Å². The van der Waals surface area contributed by atoms with Gasteiger partial charge in [-0.3, -0.25) is 24.0 Å². The second-order valence-corrected chi connectivity index (χ2v) is 10.4. The highest BCUT2D eigenvalue weighted by Gasteiger charge is 2.34. The van der Waals surface area contributed by atoms with Gasteiger partial charge < -0.3 is 42.3 Å². The van der Waals surface area contributed by atoms with Crippen molar-refractivity contribution in [3.8, 4) is 0 Å². The van der Waals surface area contributed by atoms with E-state index in [1.807, 2.05) is 13.8 Å². The normalized spacial score (nSPS) is 15.8. The molecule has 224 valence electrons. The largest absolute Gasteiger partial charge is 0.481 e. The molecule has 4 amide bonds. The lowest BCUT2D eigenvalue weighted by atomic mass is 9.95. The summed E-state index contributed by atoms with van der Waals surface area (Å²) in [6.45, 7) is 9.63. The highest BCUT2D eigenvalue weighted by molar-refractivity contribution is 5.95. The Bertz CT molecular complexity index is 865. The van der Waals surface area contributed by atoms with Crippen molar-refractivity contribution in [2.75, 3.05) is 6.61 Å². The molecule has 0 radical (unpaired) electrons. The molecule has 0 saturated carbocycles. The van der Waals surface area contributed by atoms with Gasteiger partial charge in [0, 0.05) is 6.42 Å². The average Bonchev–Trinajstić information content (AvgIpc) is 2.85. The van der Waals surface area contributed by atoms with Crippen LogP contribution in [0.2, 0.25) is 0 Å². The highest BCUT2D eigenvalue weighted by atomic mass is 16.4. The molecule has 14 nitrogen and oxygen atoms in total. The molecule has 14 heteroatoms. The Morgan fingerprint density at radius 1 is 0.744 bits per heavy atom. The van der Waals surface area contributed by atoms with E-state index in [1.54, 1.807) is 27.7 Å². The van der Waals surface area contributed by atoms with E-state index in [4.69, 9.17) is 15.9 Å². The van der Waals surface area contributed by atoms with E-state index in [-0.39, 0.29) is 25.2 Å². The van der Waals surface area contributed by atoms with Crippen LogP contribution in [0.15, 0.2) is 0 Å². The Morgan fingerprint density at radius 2 is 1.26 bits per heavy atom. The van der Waals surface area contributed by atoms with Crippen LogP contribution in [0.4, 0.5) is 0 Å². The lowest BCUT2D eigenvalue weighted by molar-refractivity contribution is -0.143. The van der Waals surface area contributed by atoms with E-state index in [9.17, 15) is 33.9 Å². The zero-order chi connectivity index (χ0) is 30.4. The first kappa shape index (κ1) is 35.7. The van der Waals surface area contributed by atoms with Gasteiger partial charge in [-0.25, -0.2) is 4.79 Å². The molecule has 0 aromatic carbocycles. The summed E-state index contributed by atoms with van der Waals surface area (Å²) < 4.78 is 0. The average molecular weight is 560 g/mol. The van der Waals surface area contributed by atoms with Crippen LogP contribution in [0.25, 0.3) is 0 Å². The fourth-order valence-electron chi connectivity index (χ4n) is 3.57. The maximum atomic E-state index is 13.2. The van der Waals surface area contributed by atoms with E-state index >= 15 is 0 Å². The van der Waals surface area contributed by atoms with Gasteiger partial charge in [0.1, 0.15) is 24.2 Å². The molecule has 0 bridgehead atoms. The minimum Gasteiger partial charge on any atom is -0.481 e. The maximum absolute atomic E-state index is 13.2. The van der Waals surface area contributed by atoms with Gasteiger partial charge in [-0.1, -0.05) is 48.0 Å². The number of aliphatic carboxylic acids is 2. The van der Waals surface area contributed by atoms with E-state index < -0.39 is 84.2 Å². The minimum absolute atomic E-state index is 0.0326. The highest BCUT2D eigenvalue weighted by Crippen LogP contribution is 2.12. The summed E-state index contributed by atoms with van der Waals surface area (Å²) in [5, 5.41) is 37.1. The summed E-state index contributed by atoms with van der Waals surface area (Å²) in [6, 6.07) is -6.01. The van der Waals surface area contributed by atoms with Gasteiger partial charge in [-0.15, -0.1) is 0 Å². The quantitative estimate of drug-likeness (QED) is 0.101. The first-order valence-corrected chi connectivity index (χ1v) is 13.1. The van der Waals surface area contributed by atoms with Crippen LogP contribution in [0.1, 0.15) is 67.2 Å². The van der Waals surface area contributed by atoms with Crippen molar-refractivity contribution in [2.45, 2.75) is 97.4 Å². The second kappa shape index (κ2) is 17.4. The SMILES string of the molecule is CCC(C)C(NC(=O)C(NC(=O)C(CC(C)C)NC(=O)C(N)CCC(=O)O)C(C)C)C(=O)NC(CO)C(=O)O. The maximum Gasteiger partial charge on any atom is 0.328 e. The van der Waals surface area contributed by atoms with Gasteiger partial charge in [0.2, 0.25) is 23.6 Å². The summed E-state index contributed by atoms with van der Waals surface area (Å²) in [6.07, 6.45) is 0.234. The number of rotatable bonds is 18. The van der Waals surface area contributed by atoms with Crippen LogP contribution >= 0.6 is 0 Å². The van der Waals surface area contributed by atoms with Crippen LogP contribution in [0, 0.1) is 17.8 Å². The molecular weight excluding hydrogens is 514 g/mol. The number of aliphatic hydroxyl groups excluding tert-OH is 1. The van der Waals surface area contributed by atoms with E-state index in [1.165, 1.54) is 0 Å².